The van der Waals surface area contributed by atoms with Gasteiger partial charge in [-0.25, -0.2) is 0 Å². The number of carbonyl (C=O) groups is 1. The molecule has 0 aliphatic carbocycles. The molecule has 7 nitrogen and oxygen atoms in total. The van der Waals surface area contributed by atoms with Gasteiger partial charge in [-0.2, -0.15) is 10.2 Å². The molecule has 0 radical (unpaired) electrons. The molecule has 126 valence electrons. The predicted molar refractivity (Wildman–Crippen MR) is 88.1 cm³/mol. The van der Waals surface area contributed by atoms with Gasteiger partial charge in [-0.15, -0.1) is 0 Å². The van der Waals surface area contributed by atoms with Crippen LogP contribution < -0.4 is 5.32 Å². The summed E-state index contributed by atoms with van der Waals surface area (Å²) in [5.74, 6) is -0.275. The van der Waals surface area contributed by atoms with Crippen LogP contribution >= 0.6 is 0 Å². The highest BCUT2D eigenvalue weighted by Crippen LogP contribution is 2.25. The van der Waals surface area contributed by atoms with E-state index in [1.807, 2.05) is 34.7 Å². The number of hydrogen-bond acceptors (Lipinski definition) is 4. The average molecular weight is 319 g/mol. The molecule has 0 bridgehead atoms. The van der Waals surface area contributed by atoms with E-state index >= 15 is 0 Å². The maximum absolute atomic E-state index is 12.2. The second-order valence-electron chi connectivity index (χ2n) is 5.95. The number of rotatable bonds is 6. The van der Waals surface area contributed by atoms with Crippen LogP contribution in [0.5, 0.6) is 0 Å². The van der Waals surface area contributed by atoms with Crippen LogP contribution in [-0.4, -0.2) is 43.1 Å². The van der Waals surface area contributed by atoms with Crippen LogP contribution in [0, 0.1) is 13.8 Å². The van der Waals surface area contributed by atoms with Crippen LogP contribution in [-0.2, 0) is 7.05 Å². The Kier molecular flexibility index (Phi) is 4.89. The average Bonchev–Trinajstić information content (AvgIpc) is 3.10. The van der Waals surface area contributed by atoms with Gasteiger partial charge in [-0.05, 0) is 32.8 Å². The molecule has 2 heterocycles. The maximum atomic E-state index is 12.2. The lowest BCUT2D eigenvalue weighted by molar-refractivity contribution is 0.0313. The number of nitrogens with zero attached hydrogens (tertiary/aromatic N) is 3. The Balaban J connectivity index is 2.14. The summed E-state index contributed by atoms with van der Waals surface area (Å²) in [5.41, 5.74) is 3.00. The number of aromatic nitrogens is 4. The molecule has 0 aromatic carbocycles. The van der Waals surface area contributed by atoms with E-state index < -0.39 is 5.60 Å². The van der Waals surface area contributed by atoms with Crippen molar-refractivity contribution >= 4 is 5.91 Å². The van der Waals surface area contributed by atoms with Gasteiger partial charge in [0.2, 0.25) is 0 Å². The number of nitrogens with one attached hydrogen (secondary N) is 2. The smallest absolute Gasteiger partial charge is 0.269 e. The fourth-order valence-electron chi connectivity index (χ4n) is 2.55. The quantitative estimate of drug-likeness (QED) is 0.755. The number of H-pyrrole nitrogens is 1. The Morgan fingerprint density at radius 1 is 1.39 bits per heavy atom. The first-order chi connectivity index (χ1) is 10.8. The molecule has 1 amide bonds. The minimum Gasteiger partial charge on any atom is -0.388 e. The second kappa shape index (κ2) is 6.54. The lowest BCUT2D eigenvalue weighted by Crippen LogP contribution is -2.42. The standard InChI is InChI=1S/C16H25N5O2/c1-6-16(23,7-2)9-17-15(22)13-8-12(18-19-13)14-10(3)20-21(5)11(14)4/h8,23H,6-7,9H2,1-5H3,(H,17,22)(H,18,19). The molecule has 0 aliphatic heterocycles. The van der Waals surface area contributed by atoms with Crippen LogP contribution in [0.2, 0.25) is 0 Å². The van der Waals surface area contributed by atoms with Crippen LogP contribution in [0.4, 0.5) is 0 Å². The predicted octanol–water partition coefficient (Wildman–Crippen LogP) is 1.71. The molecule has 0 saturated carbocycles. The van der Waals surface area contributed by atoms with Gasteiger partial charge in [0.1, 0.15) is 5.69 Å². The van der Waals surface area contributed by atoms with E-state index in [0.29, 0.717) is 24.2 Å². The zero-order valence-electron chi connectivity index (χ0n) is 14.4. The summed E-state index contributed by atoms with van der Waals surface area (Å²) in [4.78, 5) is 12.2. The number of carbonyl (C=O) groups excluding carboxylic acids is 1. The Morgan fingerprint density at radius 2 is 2.04 bits per heavy atom. The van der Waals surface area contributed by atoms with Gasteiger partial charge < -0.3 is 10.4 Å². The highest BCUT2D eigenvalue weighted by atomic mass is 16.3. The zero-order chi connectivity index (χ0) is 17.2. The summed E-state index contributed by atoms with van der Waals surface area (Å²) < 4.78 is 1.79. The van der Waals surface area contributed by atoms with Crippen LogP contribution in [0.3, 0.4) is 0 Å². The molecule has 23 heavy (non-hydrogen) atoms. The number of amides is 1. The first-order valence-electron chi connectivity index (χ1n) is 7.88. The number of aliphatic hydroxyl groups is 1. The van der Waals surface area contributed by atoms with Gasteiger partial charge in [0.25, 0.3) is 5.91 Å². The Morgan fingerprint density at radius 3 is 2.57 bits per heavy atom. The van der Waals surface area contributed by atoms with Crippen molar-refractivity contribution in [3.8, 4) is 11.3 Å². The Bertz CT molecular complexity index is 697. The molecule has 0 atom stereocenters. The Labute approximate surface area is 136 Å². The van der Waals surface area contributed by atoms with E-state index in [-0.39, 0.29) is 12.5 Å². The van der Waals surface area contributed by atoms with Gasteiger partial charge in [0.15, 0.2) is 0 Å². The molecule has 2 aromatic heterocycles. The third-order valence-electron chi connectivity index (χ3n) is 4.48. The summed E-state index contributed by atoms with van der Waals surface area (Å²) in [6.45, 7) is 7.90. The summed E-state index contributed by atoms with van der Waals surface area (Å²) in [6, 6.07) is 1.71. The van der Waals surface area contributed by atoms with E-state index in [9.17, 15) is 9.90 Å². The van der Waals surface area contributed by atoms with Crippen molar-refractivity contribution in [2.45, 2.75) is 46.1 Å². The van der Waals surface area contributed by atoms with Crippen molar-refractivity contribution in [1.82, 2.24) is 25.3 Å². The summed E-state index contributed by atoms with van der Waals surface area (Å²) in [5, 5.41) is 24.3. The molecule has 7 heteroatoms. The van der Waals surface area contributed by atoms with Gasteiger partial charge in [-0.3, -0.25) is 14.6 Å². The number of aromatic amines is 1. The molecule has 0 unspecified atom stereocenters. The number of aryl methyl sites for hydroxylation is 2. The first-order valence-corrected chi connectivity index (χ1v) is 7.88. The summed E-state index contributed by atoms with van der Waals surface area (Å²) in [7, 11) is 1.88. The SMILES string of the molecule is CCC(O)(CC)CNC(=O)c1cc(-c2c(C)nn(C)c2C)n[nH]1. The molecule has 0 spiro atoms. The van der Waals surface area contributed by atoms with Crippen LogP contribution in [0.1, 0.15) is 48.6 Å². The third kappa shape index (κ3) is 3.44. The van der Waals surface area contributed by atoms with Crippen molar-refractivity contribution in [3.63, 3.8) is 0 Å². The fraction of sp³-hybridized carbons (Fsp3) is 0.562. The first kappa shape index (κ1) is 17.2. The molecule has 3 N–H and O–H groups in total. The normalized spacial score (nSPS) is 11.7. The van der Waals surface area contributed by atoms with Gasteiger partial charge >= 0.3 is 0 Å². The van der Waals surface area contributed by atoms with E-state index in [1.54, 1.807) is 10.7 Å². The molecule has 2 aromatic rings. The molecular weight excluding hydrogens is 294 g/mol. The largest absolute Gasteiger partial charge is 0.388 e. The van der Waals surface area contributed by atoms with Crippen LogP contribution in [0.25, 0.3) is 11.3 Å². The van der Waals surface area contributed by atoms with Gasteiger partial charge in [0.05, 0.1) is 17.0 Å². The number of hydrogen-bond donors (Lipinski definition) is 3. The molecule has 2 rings (SSSR count). The molecule has 0 saturated heterocycles. The van der Waals surface area contributed by atoms with E-state index in [0.717, 1.165) is 17.0 Å². The highest BCUT2D eigenvalue weighted by Gasteiger charge is 2.24. The third-order valence-corrected chi connectivity index (χ3v) is 4.48. The van der Waals surface area contributed by atoms with Crippen LogP contribution in [0.15, 0.2) is 6.07 Å². The molecular formula is C16H25N5O2. The molecule has 0 aliphatic rings. The lowest BCUT2D eigenvalue weighted by atomic mass is 9.97. The monoisotopic (exact) mass is 319 g/mol. The maximum Gasteiger partial charge on any atom is 0.269 e. The molecule has 0 fully saturated rings. The fourth-order valence-corrected chi connectivity index (χ4v) is 2.55. The minimum atomic E-state index is -0.866. The van der Waals surface area contributed by atoms with Crippen molar-refractivity contribution in [1.29, 1.82) is 0 Å². The summed E-state index contributed by atoms with van der Waals surface area (Å²) in [6.07, 6.45) is 1.18. The van der Waals surface area contributed by atoms with E-state index in [4.69, 9.17) is 0 Å². The van der Waals surface area contributed by atoms with E-state index in [2.05, 4.69) is 20.6 Å². The van der Waals surface area contributed by atoms with Crippen molar-refractivity contribution in [2.24, 2.45) is 7.05 Å². The van der Waals surface area contributed by atoms with Gasteiger partial charge in [0, 0.05) is 24.8 Å². The van der Waals surface area contributed by atoms with E-state index in [1.165, 1.54) is 0 Å². The zero-order valence-corrected chi connectivity index (χ0v) is 14.4. The summed E-state index contributed by atoms with van der Waals surface area (Å²) >= 11 is 0. The van der Waals surface area contributed by atoms with Crippen molar-refractivity contribution in [3.05, 3.63) is 23.1 Å². The van der Waals surface area contributed by atoms with Gasteiger partial charge in [-0.1, -0.05) is 13.8 Å². The topological polar surface area (TPSA) is 95.8 Å². The minimum absolute atomic E-state index is 0.220. The lowest BCUT2D eigenvalue weighted by Gasteiger charge is -2.25. The highest BCUT2D eigenvalue weighted by molar-refractivity contribution is 5.93. The van der Waals surface area contributed by atoms with Crippen molar-refractivity contribution in [2.75, 3.05) is 6.54 Å². The van der Waals surface area contributed by atoms with Crippen molar-refractivity contribution < 1.29 is 9.90 Å². The second-order valence-corrected chi connectivity index (χ2v) is 5.95. The Hall–Kier alpha value is -2.15.